The number of nitrogens with zero attached hydrogens (tertiary/aromatic N) is 10. The van der Waals surface area contributed by atoms with E-state index < -0.39 is 0 Å². The highest BCUT2D eigenvalue weighted by Gasteiger charge is 2.23. The summed E-state index contributed by atoms with van der Waals surface area (Å²) in [5, 5.41) is 25.8. The van der Waals surface area contributed by atoms with Crippen molar-refractivity contribution in [3.05, 3.63) is 259 Å². The number of hydrogen-bond donors (Lipinski definition) is 0. The molecule has 10 heteroatoms. The highest BCUT2D eigenvalue weighted by atomic mass is 15.0. The molecule has 0 aliphatic heterocycles. The molecule has 0 spiro atoms. The Kier molecular flexibility index (Phi) is 15.1. The molecule has 0 radical (unpaired) electrons. The molecule has 0 N–H and O–H groups in total. The third-order valence-corrected chi connectivity index (χ3v) is 18.8. The SMILES string of the molecule is Cc1cc(C)c(-c2ccc3c4ccc(-c5c(C)cc(CCc6cc(C)cc(C)c6-c6ccc7c8ccc(-c9c(C)cc(C)cc9C)cc8n(-c8ccc(C#N)c(-c9nc(C)nc(C)n9)c8)c7c6)cc5C)cc4n(-c4ccc(-c5nc(C)nc(C)n5)c(C#N)c4)c3c2)c(C)c1. The van der Waals surface area contributed by atoms with Crippen molar-refractivity contribution in [2.24, 2.45) is 0 Å². The molecule has 14 rings (SSSR count). The average molecular weight is 1220 g/mol. The second kappa shape index (κ2) is 23.5. The first-order valence-corrected chi connectivity index (χ1v) is 32.2. The van der Waals surface area contributed by atoms with Gasteiger partial charge in [0.15, 0.2) is 11.6 Å². The fraction of sp³-hybridized carbons (Fsp3) is 0.190. The molecule has 0 amide bonds. The molecule has 458 valence electrons. The Hall–Kier alpha value is -11.2. The summed E-state index contributed by atoms with van der Waals surface area (Å²) in [5.41, 5.74) is 32.8. The van der Waals surface area contributed by atoms with Crippen molar-refractivity contribution in [1.82, 2.24) is 39.0 Å². The summed E-state index contributed by atoms with van der Waals surface area (Å²) < 4.78 is 4.69. The first kappa shape index (κ1) is 60.4. The normalized spacial score (nSPS) is 11.6. The van der Waals surface area contributed by atoms with Gasteiger partial charge in [-0.3, -0.25) is 0 Å². The van der Waals surface area contributed by atoms with E-state index in [1.165, 1.54) is 89.0 Å². The Morgan fingerprint density at radius 2 is 0.660 bits per heavy atom. The molecule has 0 bridgehead atoms. The van der Waals surface area contributed by atoms with Crippen LogP contribution in [0.15, 0.2) is 158 Å². The van der Waals surface area contributed by atoms with Crippen LogP contribution in [0.5, 0.6) is 0 Å². The zero-order chi connectivity index (χ0) is 65.7. The van der Waals surface area contributed by atoms with E-state index in [9.17, 15) is 10.5 Å². The lowest BCUT2D eigenvalue weighted by molar-refractivity contribution is 0.927. The van der Waals surface area contributed by atoms with E-state index in [0.29, 0.717) is 57.2 Å². The number of fused-ring (bicyclic) bond motifs is 6. The molecule has 10 nitrogen and oxygen atoms in total. The number of nitriles is 2. The summed E-state index contributed by atoms with van der Waals surface area (Å²) >= 11 is 0. The fourth-order valence-electron chi connectivity index (χ4n) is 15.5. The molecule has 0 saturated carbocycles. The Bertz CT molecular complexity index is 5530. The highest BCUT2D eigenvalue weighted by Crippen LogP contribution is 2.44. The Balaban J connectivity index is 0.857. The molecule has 0 aliphatic carbocycles. The lowest BCUT2D eigenvalue weighted by atomic mass is 9.88. The van der Waals surface area contributed by atoms with Gasteiger partial charge in [0.1, 0.15) is 23.3 Å². The number of benzene rings is 10. The summed E-state index contributed by atoms with van der Waals surface area (Å²) in [6, 6.07) is 63.1. The summed E-state index contributed by atoms with van der Waals surface area (Å²) in [4.78, 5) is 27.7. The van der Waals surface area contributed by atoms with E-state index in [1.54, 1.807) is 0 Å². The second-order valence-electron chi connectivity index (χ2n) is 26.1. The van der Waals surface area contributed by atoms with Crippen LogP contribution in [-0.4, -0.2) is 39.0 Å². The minimum absolute atomic E-state index is 0.481. The molecule has 0 saturated heterocycles. The van der Waals surface area contributed by atoms with Crippen molar-refractivity contribution in [3.63, 3.8) is 0 Å². The van der Waals surface area contributed by atoms with Gasteiger partial charge < -0.3 is 9.13 Å². The van der Waals surface area contributed by atoms with Crippen LogP contribution in [0.1, 0.15) is 101 Å². The standard InChI is InChI=1S/C84H72N10/c1-45-29-48(4)79(49(5)30-45)61-18-24-70-71-26-20-63(40-76(71)93(75(70)38-61)67-23-28-69(66(37-67)44-86)83-89-55(11)87-56(12)90-83)81-53(9)35-59(36-54(81)10)15-16-60-34-47(3)33-52(8)82(60)64-21-27-73-72-25-19-62(80-50(6)31-46(2)32-51(80)7)39-77(72)94(78(73)41-64)68-22-17-65(43-85)74(42-68)84-91-57(13)88-58(14)92-84/h17-42H,15-16H2,1-14H3. The monoisotopic (exact) mass is 1220 g/mol. The average Bonchev–Trinajstić information content (AvgIpc) is 1.58. The van der Waals surface area contributed by atoms with Crippen molar-refractivity contribution < 1.29 is 0 Å². The highest BCUT2D eigenvalue weighted by molar-refractivity contribution is 6.13. The molecular formula is C84H72N10. The van der Waals surface area contributed by atoms with E-state index in [-0.39, 0.29) is 0 Å². The maximum Gasteiger partial charge on any atom is 0.164 e. The lowest BCUT2D eigenvalue weighted by Crippen LogP contribution is -2.02. The van der Waals surface area contributed by atoms with Crippen molar-refractivity contribution in [2.45, 2.75) is 110 Å². The third kappa shape index (κ3) is 10.7. The van der Waals surface area contributed by atoms with Gasteiger partial charge in [0.2, 0.25) is 0 Å². The smallest absolute Gasteiger partial charge is 0.164 e. The van der Waals surface area contributed by atoms with Gasteiger partial charge in [-0.05, 0) is 265 Å². The van der Waals surface area contributed by atoms with Gasteiger partial charge in [-0.15, -0.1) is 0 Å². The molecule has 94 heavy (non-hydrogen) atoms. The van der Waals surface area contributed by atoms with Crippen molar-refractivity contribution in [1.29, 1.82) is 10.5 Å². The zero-order valence-corrected chi connectivity index (χ0v) is 55.9. The van der Waals surface area contributed by atoms with Crippen LogP contribution in [0.25, 0.3) is 122 Å². The minimum atomic E-state index is 0.481. The van der Waals surface area contributed by atoms with Gasteiger partial charge in [0.25, 0.3) is 0 Å². The van der Waals surface area contributed by atoms with Crippen LogP contribution < -0.4 is 0 Å². The molecule has 10 aromatic carbocycles. The molecule has 0 aliphatic rings. The van der Waals surface area contributed by atoms with E-state index in [0.717, 1.165) is 90.1 Å². The molecule has 14 aromatic rings. The number of aromatic nitrogens is 8. The van der Waals surface area contributed by atoms with Gasteiger partial charge >= 0.3 is 0 Å². The molecule has 0 fully saturated rings. The van der Waals surface area contributed by atoms with Crippen LogP contribution in [0.2, 0.25) is 0 Å². The van der Waals surface area contributed by atoms with Crippen molar-refractivity contribution in [2.75, 3.05) is 0 Å². The first-order valence-electron chi connectivity index (χ1n) is 32.2. The van der Waals surface area contributed by atoms with E-state index in [1.807, 2.05) is 45.9 Å². The van der Waals surface area contributed by atoms with Crippen LogP contribution in [0.4, 0.5) is 0 Å². The summed E-state index contributed by atoms with van der Waals surface area (Å²) in [7, 11) is 0. The number of aryl methyl sites for hydroxylation is 16. The Labute approximate surface area is 549 Å². The minimum Gasteiger partial charge on any atom is -0.309 e. The van der Waals surface area contributed by atoms with Gasteiger partial charge in [-0.25, -0.2) is 29.9 Å². The molecule has 0 unspecified atom stereocenters. The van der Waals surface area contributed by atoms with Crippen LogP contribution in [0.3, 0.4) is 0 Å². The Morgan fingerprint density at radius 1 is 0.309 bits per heavy atom. The van der Waals surface area contributed by atoms with Gasteiger partial charge in [-0.2, -0.15) is 10.5 Å². The van der Waals surface area contributed by atoms with Crippen molar-refractivity contribution in [3.8, 4) is 90.8 Å². The predicted octanol–water partition coefficient (Wildman–Crippen LogP) is 20.1. The van der Waals surface area contributed by atoms with E-state index >= 15 is 0 Å². The quantitative estimate of drug-likeness (QED) is 0.125. The zero-order valence-electron chi connectivity index (χ0n) is 55.9. The largest absolute Gasteiger partial charge is 0.309 e. The maximum absolute atomic E-state index is 10.8. The van der Waals surface area contributed by atoms with Crippen LogP contribution >= 0.6 is 0 Å². The predicted molar refractivity (Wildman–Crippen MR) is 384 cm³/mol. The Morgan fingerprint density at radius 3 is 1.07 bits per heavy atom. The van der Waals surface area contributed by atoms with Gasteiger partial charge in [0, 0.05) is 44.0 Å². The lowest BCUT2D eigenvalue weighted by Gasteiger charge is -2.17. The van der Waals surface area contributed by atoms with Gasteiger partial charge in [0.05, 0.1) is 45.3 Å². The number of rotatable bonds is 11. The fourth-order valence-corrected chi connectivity index (χ4v) is 15.5. The molecular weight excluding hydrogens is 1150 g/mol. The van der Waals surface area contributed by atoms with Gasteiger partial charge in [-0.1, -0.05) is 114 Å². The van der Waals surface area contributed by atoms with E-state index in [2.05, 4.69) is 250 Å². The topological polar surface area (TPSA) is 135 Å². The first-order chi connectivity index (χ1) is 45.2. The second-order valence-corrected chi connectivity index (χ2v) is 26.1. The maximum atomic E-state index is 10.8. The van der Waals surface area contributed by atoms with Crippen LogP contribution in [0, 0.1) is 120 Å². The summed E-state index contributed by atoms with van der Waals surface area (Å²) in [5.74, 6) is 3.40. The molecule has 0 atom stereocenters. The molecule has 4 aromatic heterocycles. The molecule has 4 heterocycles. The summed E-state index contributed by atoms with van der Waals surface area (Å²) in [6.07, 6.45) is 1.69. The number of hydrogen-bond acceptors (Lipinski definition) is 8. The summed E-state index contributed by atoms with van der Waals surface area (Å²) in [6.45, 7) is 29.5. The third-order valence-electron chi connectivity index (χ3n) is 18.8. The van der Waals surface area contributed by atoms with Crippen LogP contribution in [-0.2, 0) is 12.8 Å². The van der Waals surface area contributed by atoms with E-state index in [4.69, 9.17) is 9.97 Å². The van der Waals surface area contributed by atoms with Crippen molar-refractivity contribution >= 4 is 43.6 Å².